The second-order valence-corrected chi connectivity index (χ2v) is 8.21. The fraction of sp³-hybridized carbons (Fsp3) is 0.250. The maximum Gasteiger partial charge on any atom is 0.338 e. The lowest BCUT2D eigenvalue weighted by atomic mass is 9.98. The van der Waals surface area contributed by atoms with E-state index in [0.29, 0.717) is 5.56 Å². The number of rotatable bonds is 8. The van der Waals surface area contributed by atoms with E-state index in [4.69, 9.17) is 23.7 Å². The van der Waals surface area contributed by atoms with Crippen molar-refractivity contribution in [1.82, 2.24) is 0 Å². The number of carbonyl (C=O) groups excluding carboxylic acids is 3. The van der Waals surface area contributed by atoms with Gasteiger partial charge in [0.1, 0.15) is 18.8 Å². The summed E-state index contributed by atoms with van der Waals surface area (Å²) < 4.78 is 27.8. The molecule has 0 saturated carbocycles. The summed E-state index contributed by atoms with van der Waals surface area (Å²) in [6.45, 7) is -0.369. The fourth-order valence-corrected chi connectivity index (χ4v) is 3.85. The molecular weight excluding hydrogens is 480 g/mol. The zero-order valence-electron chi connectivity index (χ0n) is 20.0. The highest BCUT2D eigenvalue weighted by molar-refractivity contribution is 5.90. The first kappa shape index (κ1) is 26.0. The largest absolute Gasteiger partial charge is 0.459 e. The van der Waals surface area contributed by atoms with Gasteiger partial charge in [-0.2, -0.15) is 0 Å². The maximum absolute atomic E-state index is 12.9. The molecule has 1 aliphatic rings. The maximum atomic E-state index is 12.9. The molecule has 0 aromatic heterocycles. The van der Waals surface area contributed by atoms with E-state index >= 15 is 0 Å². The molecule has 3 aromatic rings. The van der Waals surface area contributed by atoms with Crippen molar-refractivity contribution in [3.8, 4) is 0 Å². The van der Waals surface area contributed by atoms with E-state index in [1.165, 1.54) is 7.11 Å². The van der Waals surface area contributed by atoms with Crippen LogP contribution in [-0.2, 0) is 23.7 Å². The standard InChI is InChI=1S/C28H26O9/c1-33-28-22(29)24(37-27(32)20-15-9-4-10-16-20)23(36-26(31)19-13-7-3-8-14-19)21(35-28)17-34-25(30)18-11-5-2-6-12-18/h2-16,21-24,28-29H,17H2,1H3/t21?,22?,23-,24?,28+/m0/s1. The summed E-state index contributed by atoms with van der Waals surface area (Å²) in [5.41, 5.74) is 0.779. The Hall–Kier alpha value is -4.05. The molecule has 37 heavy (non-hydrogen) atoms. The van der Waals surface area contributed by atoms with Gasteiger partial charge in [0.05, 0.1) is 16.7 Å². The van der Waals surface area contributed by atoms with Crippen LogP contribution in [0.2, 0.25) is 0 Å². The summed E-state index contributed by atoms with van der Waals surface area (Å²) in [4.78, 5) is 38.4. The number of aliphatic hydroxyl groups is 1. The van der Waals surface area contributed by atoms with Gasteiger partial charge in [-0.05, 0) is 36.4 Å². The van der Waals surface area contributed by atoms with Crippen LogP contribution in [0, 0.1) is 0 Å². The molecule has 1 N–H and O–H groups in total. The van der Waals surface area contributed by atoms with Crippen molar-refractivity contribution < 1.29 is 43.2 Å². The molecule has 1 aliphatic heterocycles. The highest BCUT2D eigenvalue weighted by atomic mass is 16.7. The molecule has 0 bridgehead atoms. The first-order chi connectivity index (χ1) is 18.0. The van der Waals surface area contributed by atoms with E-state index in [1.54, 1.807) is 91.0 Å². The molecule has 1 fully saturated rings. The van der Waals surface area contributed by atoms with E-state index < -0.39 is 48.6 Å². The van der Waals surface area contributed by atoms with Gasteiger partial charge in [-0.1, -0.05) is 54.6 Å². The molecule has 1 saturated heterocycles. The van der Waals surface area contributed by atoms with Gasteiger partial charge in [0.15, 0.2) is 18.5 Å². The van der Waals surface area contributed by atoms with Crippen LogP contribution in [0.3, 0.4) is 0 Å². The number of hydrogen-bond acceptors (Lipinski definition) is 9. The van der Waals surface area contributed by atoms with Gasteiger partial charge in [0.2, 0.25) is 0 Å². The summed E-state index contributed by atoms with van der Waals surface area (Å²) in [6.07, 6.45) is -6.60. The molecule has 9 heteroatoms. The second-order valence-electron chi connectivity index (χ2n) is 8.21. The Kier molecular flexibility index (Phi) is 8.63. The minimum atomic E-state index is -1.51. The normalized spacial score (nSPS) is 23.0. The van der Waals surface area contributed by atoms with Gasteiger partial charge >= 0.3 is 17.9 Å². The van der Waals surface area contributed by atoms with Crippen LogP contribution in [-0.4, -0.2) is 67.4 Å². The summed E-state index contributed by atoms with van der Waals surface area (Å²) in [5, 5.41) is 10.9. The lowest BCUT2D eigenvalue weighted by Crippen LogP contribution is -2.61. The summed E-state index contributed by atoms with van der Waals surface area (Å²) >= 11 is 0. The summed E-state index contributed by atoms with van der Waals surface area (Å²) in [6, 6.07) is 24.6. The quantitative estimate of drug-likeness (QED) is 0.363. The fourth-order valence-electron chi connectivity index (χ4n) is 3.85. The lowest BCUT2D eigenvalue weighted by molar-refractivity contribution is -0.292. The summed E-state index contributed by atoms with van der Waals surface area (Å²) in [7, 11) is 1.30. The number of carbonyl (C=O) groups is 3. The Bertz CT molecular complexity index is 1180. The van der Waals surface area contributed by atoms with Crippen molar-refractivity contribution in [3.63, 3.8) is 0 Å². The molecule has 0 aliphatic carbocycles. The van der Waals surface area contributed by atoms with Crippen molar-refractivity contribution >= 4 is 17.9 Å². The lowest BCUT2D eigenvalue weighted by Gasteiger charge is -2.42. The van der Waals surface area contributed by atoms with Crippen molar-refractivity contribution in [2.24, 2.45) is 0 Å². The zero-order valence-corrected chi connectivity index (χ0v) is 20.0. The number of benzene rings is 3. The smallest absolute Gasteiger partial charge is 0.338 e. The van der Waals surface area contributed by atoms with Crippen LogP contribution < -0.4 is 0 Å². The molecular formula is C28H26O9. The molecule has 192 valence electrons. The average Bonchev–Trinajstić information content (AvgIpc) is 2.95. The van der Waals surface area contributed by atoms with Gasteiger partial charge in [-0.3, -0.25) is 0 Å². The SMILES string of the molecule is CO[C@@H]1OC(COC(=O)c2ccccc2)[C@H](OC(=O)c2ccccc2)C(OC(=O)c2ccccc2)C1O. The molecule has 4 rings (SSSR count). The van der Waals surface area contributed by atoms with Crippen molar-refractivity contribution in [1.29, 1.82) is 0 Å². The number of esters is 3. The third-order valence-electron chi connectivity index (χ3n) is 5.74. The second kappa shape index (κ2) is 12.3. The molecule has 9 nitrogen and oxygen atoms in total. The van der Waals surface area contributed by atoms with E-state index in [0.717, 1.165) is 0 Å². The first-order valence-corrected chi connectivity index (χ1v) is 11.6. The number of methoxy groups -OCH3 is 1. The minimum Gasteiger partial charge on any atom is -0.459 e. The molecule has 3 aromatic carbocycles. The monoisotopic (exact) mass is 506 g/mol. The molecule has 3 unspecified atom stereocenters. The van der Waals surface area contributed by atoms with Gasteiger partial charge in [-0.25, -0.2) is 14.4 Å². The van der Waals surface area contributed by atoms with Crippen LogP contribution in [0.5, 0.6) is 0 Å². The highest BCUT2D eigenvalue weighted by Crippen LogP contribution is 2.28. The molecule has 0 amide bonds. The Morgan fingerprint density at radius 1 is 0.703 bits per heavy atom. The van der Waals surface area contributed by atoms with Crippen LogP contribution in [0.1, 0.15) is 31.1 Å². The van der Waals surface area contributed by atoms with Crippen LogP contribution in [0.4, 0.5) is 0 Å². The molecule has 1 heterocycles. The highest BCUT2D eigenvalue weighted by Gasteiger charge is 2.50. The Morgan fingerprint density at radius 2 is 1.14 bits per heavy atom. The zero-order chi connectivity index (χ0) is 26.2. The minimum absolute atomic E-state index is 0.232. The van der Waals surface area contributed by atoms with Crippen LogP contribution in [0.25, 0.3) is 0 Å². The average molecular weight is 507 g/mol. The first-order valence-electron chi connectivity index (χ1n) is 11.6. The predicted octanol–water partition coefficient (Wildman–Crippen LogP) is 3.03. The van der Waals surface area contributed by atoms with E-state index in [9.17, 15) is 19.5 Å². The predicted molar refractivity (Wildman–Crippen MR) is 130 cm³/mol. The Labute approximate surface area is 213 Å². The molecule has 0 radical (unpaired) electrons. The number of hydrogen-bond donors (Lipinski definition) is 1. The van der Waals surface area contributed by atoms with Crippen molar-refractivity contribution in [2.45, 2.75) is 30.7 Å². The van der Waals surface area contributed by atoms with Gasteiger partial charge < -0.3 is 28.8 Å². The van der Waals surface area contributed by atoms with Crippen LogP contribution >= 0.6 is 0 Å². The van der Waals surface area contributed by atoms with E-state index in [2.05, 4.69) is 0 Å². The third kappa shape index (κ3) is 6.39. The van der Waals surface area contributed by atoms with E-state index in [1.807, 2.05) is 0 Å². The van der Waals surface area contributed by atoms with Crippen molar-refractivity contribution in [3.05, 3.63) is 108 Å². The molecule has 0 spiro atoms. The van der Waals surface area contributed by atoms with Gasteiger partial charge in [-0.15, -0.1) is 0 Å². The van der Waals surface area contributed by atoms with Gasteiger partial charge in [0.25, 0.3) is 0 Å². The number of ether oxygens (including phenoxy) is 5. The number of aliphatic hydroxyl groups excluding tert-OH is 1. The Balaban J connectivity index is 1.60. The Morgan fingerprint density at radius 3 is 1.59 bits per heavy atom. The third-order valence-corrected chi connectivity index (χ3v) is 5.74. The topological polar surface area (TPSA) is 118 Å². The van der Waals surface area contributed by atoms with E-state index in [-0.39, 0.29) is 17.7 Å². The van der Waals surface area contributed by atoms with Crippen molar-refractivity contribution in [2.75, 3.05) is 13.7 Å². The van der Waals surface area contributed by atoms with Gasteiger partial charge in [0, 0.05) is 7.11 Å². The van der Waals surface area contributed by atoms with Crippen LogP contribution in [0.15, 0.2) is 91.0 Å². The summed E-state index contributed by atoms with van der Waals surface area (Å²) in [5.74, 6) is -2.12. The molecule has 5 atom stereocenters.